The van der Waals surface area contributed by atoms with E-state index in [0.29, 0.717) is 6.54 Å². The van der Waals surface area contributed by atoms with E-state index < -0.39 is 0 Å². The van der Waals surface area contributed by atoms with Gasteiger partial charge in [-0.1, -0.05) is 24.3 Å². The van der Waals surface area contributed by atoms with Crippen LogP contribution in [0.1, 0.15) is 5.56 Å². The Labute approximate surface area is 65.8 Å². The van der Waals surface area contributed by atoms with Crippen molar-refractivity contribution in [1.82, 2.24) is 0 Å². The van der Waals surface area contributed by atoms with Crippen LogP contribution in [0, 0.1) is 0 Å². The summed E-state index contributed by atoms with van der Waals surface area (Å²) in [6, 6.07) is 8.12. The van der Waals surface area contributed by atoms with Crippen LogP contribution >= 0.6 is 9.24 Å². The van der Waals surface area contributed by atoms with Gasteiger partial charge in [0.2, 0.25) is 0 Å². The van der Waals surface area contributed by atoms with Gasteiger partial charge in [-0.15, -0.1) is 9.24 Å². The molecule has 0 aliphatic heterocycles. The lowest BCUT2D eigenvalue weighted by Crippen LogP contribution is -1.99. The second kappa shape index (κ2) is 4.48. The van der Waals surface area contributed by atoms with Crippen LogP contribution in [0.4, 0.5) is 0 Å². The van der Waals surface area contributed by atoms with Gasteiger partial charge < -0.3 is 5.73 Å². The topological polar surface area (TPSA) is 26.0 Å². The molecule has 1 atom stereocenters. The Morgan fingerprint density at radius 3 is 2.50 bits per heavy atom. The van der Waals surface area contributed by atoms with Crippen molar-refractivity contribution in [2.45, 2.75) is 6.54 Å². The Morgan fingerprint density at radius 1 is 1.40 bits per heavy atom. The largest absolute Gasteiger partial charge is 0.326 e. The first-order valence-corrected chi connectivity index (χ1v) is 3.45. The fraction of sp³-hybridized carbons (Fsp3) is 0.143. The first-order chi connectivity index (χ1) is 4.33. The molecule has 1 aromatic rings. The highest BCUT2D eigenvalue weighted by Gasteiger charge is 1.86. The summed E-state index contributed by atoms with van der Waals surface area (Å²) in [6.45, 7) is 0.627. The quantitative estimate of drug-likeness (QED) is 0.425. The molecule has 1 nitrogen and oxygen atoms in total. The highest BCUT2D eigenvalue weighted by atomic mass is 31.0. The summed E-state index contributed by atoms with van der Waals surface area (Å²) in [4.78, 5) is 0. The Hall–Kier alpha value is -0.325. The molecule has 0 radical (unpaired) electrons. The number of hydrogen-bond donors (Lipinski definition) is 1. The van der Waals surface area contributed by atoms with Gasteiger partial charge in [-0.05, 0) is 10.9 Å². The summed E-state index contributed by atoms with van der Waals surface area (Å²) in [5.41, 5.74) is 6.59. The van der Waals surface area contributed by atoms with Crippen LogP contribution < -0.4 is 11.0 Å². The van der Waals surface area contributed by atoms with Crippen molar-refractivity contribution in [3.05, 3.63) is 29.8 Å². The summed E-state index contributed by atoms with van der Waals surface area (Å²) in [6.07, 6.45) is 0. The molecular formula is C7H13BNP. The molecule has 0 fully saturated rings. The van der Waals surface area contributed by atoms with Crippen LogP contribution in [0.5, 0.6) is 0 Å². The van der Waals surface area contributed by atoms with Gasteiger partial charge in [-0.25, -0.2) is 0 Å². The summed E-state index contributed by atoms with van der Waals surface area (Å²) in [5, 5.41) is 1.19. The molecular weight excluding hydrogens is 140 g/mol. The SMILES string of the molecule is B.NCc1cccc(P)c1. The van der Waals surface area contributed by atoms with E-state index in [1.165, 1.54) is 10.9 Å². The van der Waals surface area contributed by atoms with E-state index in [-0.39, 0.29) is 8.41 Å². The molecule has 0 amide bonds. The molecule has 1 aromatic carbocycles. The van der Waals surface area contributed by atoms with Gasteiger partial charge in [0.1, 0.15) is 0 Å². The van der Waals surface area contributed by atoms with E-state index in [0.717, 1.165) is 0 Å². The van der Waals surface area contributed by atoms with Crippen molar-refractivity contribution >= 4 is 23.0 Å². The van der Waals surface area contributed by atoms with Gasteiger partial charge in [0.05, 0.1) is 8.41 Å². The predicted octanol–water partition coefficient (Wildman–Crippen LogP) is -0.538. The molecule has 0 saturated carbocycles. The molecule has 2 N–H and O–H groups in total. The molecule has 0 aliphatic carbocycles. The van der Waals surface area contributed by atoms with Gasteiger partial charge in [0.15, 0.2) is 0 Å². The fourth-order valence-corrected chi connectivity index (χ4v) is 1.05. The van der Waals surface area contributed by atoms with Crippen molar-refractivity contribution in [3.63, 3.8) is 0 Å². The normalized spacial score (nSPS) is 8.60. The maximum atomic E-state index is 5.41. The molecule has 1 unspecified atom stereocenters. The lowest BCUT2D eigenvalue weighted by atomic mass is 10.2. The van der Waals surface area contributed by atoms with Crippen LogP contribution in [-0.4, -0.2) is 8.41 Å². The van der Waals surface area contributed by atoms with E-state index >= 15 is 0 Å². The van der Waals surface area contributed by atoms with E-state index in [2.05, 4.69) is 15.3 Å². The monoisotopic (exact) mass is 153 g/mol. The molecule has 1 rings (SSSR count). The van der Waals surface area contributed by atoms with Crippen LogP contribution in [0.15, 0.2) is 24.3 Å². The Balaban J connectivity index is 0.000000810. The molecule has 54 valence electrons. The lowest BCUT2D eigenvalue weighted by molar-refractivity contribution is 1.07. The third kappa shape index (κ3) is 2.51. The highest BCUT2D eigenvalue weighted by Crippen LogP contribution is 1.96. The zero-order valence-corrected chi connectivity index (χ0v) is 6.33. The average molecular weight is 153 g/mol. The molecule has 0 bridgehead atoms. The standard InChI is InChI=1S/C7H10NP.BH3/c8-5-6-2-1-3-7(9)4-6;/h1-4H,5,8-9H2;1H3. The minimum Gasteiger partial charge on any atom is -0.326 e. The van der Waals surface area contributed by atoms with Crippen molar-refractivity contribution in [2.75, 3.05) is 0 Å². The van der Waals surface area contributed by atoms with Gasteiger partial charge in [-0.3, -0.25) is 0 Å². The second-order valence-corrected chi connectivity index (χ2v) is 2.62. The predicted molar refractivity (Wildman–Crippen MR) is 53.6 cm³/mol. The van der Waals surface area contributed by atoms with Crippen LogP contribution in [0.2, 0.25) is 0 Å². The molecule has 0 spiro atoms. The number of rotatable bonds is 1. The summed E-state index contributed by atoms with van der Waals surface area (Å²) >= 11 is 0. The zero-order valence-electron chi connectivity index (χ0n) is 5.17. The van der Waals surface area contributed by atoms with Crippen molar-refractivity contribution in [3.8, 4) is 0 Å². The minimum absolute atomic E-state index is 0. The van der Waals surface area contributed by atoms with E-state index in [9.17, 15) is 0 Å². The smallest absolute Gasteiger partial charge is 0.0814 e. The van der Waals surface area contributed by atoms with Crippen LogP contribution in [-0.2, 0) is 6.54 Å². The van der Waals surface area contributed by atoms with E-state index in [4.69, 9.17) is 5.73 Å². The number of benzene rings is 1. The third-order valence-corrected chi connectivity index (χ3v) is 1.55. The first-order valence-electron chi connectivity index (χ1n) is 2.87. The molecule has 10 heavy (non-hydrogen) atoms. The van der Waals surface area contributed by atoms with Gasteiger partial charge in [-0.2, -0.15) is 0 Å². The van der Waals surface area contributed by atoms with Crippen LogP contribution in [0.25, 0.3) is 0 Å². The molecule has 0 aliphatic rings. The van der Waals surface area contributed by atoms with Gasteiger partial charge in [0.25, 0.3) is 0 Å². The number of nitrogens with two attached hydrogens (primary N) is 1. The highest BCUT2D eigenvalue weighted by molar-refractivity contribution is 7.27. The van der Waals surface area contributed by atoms with E-state index in [1.54, 1.807) is 0 Å². The third-order valence-electron chi connectivity index (χ3n) is 1.19. The Kier molecular flexibility index (Phi) is 4.34. The average Bonchev–Trinajstić information content (AvgIpc) is 1.88. The van der Waals surface area contributed by atoms with Crippen molar-refractivity contribution in [2.24, 2.45) is 5.73 Å². The van der Waals surface area contributed by atoms with Crippen molar-refractivity contribution in [1.29, 1.82) is 0 Å². The van der Waals surface area contributed by atoms with Gasteiger partial charge >= 0.3 is 0 Å². The molecule has 0 heterocycles. The van der Waals surface area contributed by atoms with E-state index in [1.807, 2.05) is 18.2 Å². The Bertz CT molecular complexity index is 203. The van der Waals surface area contributed by atoms with Crippen molar-refractivity contribution < 1.29 is 0 Å². The maximum absolute atomic E-state index is 5.41. The zero-order chi connectivity index (χ0) is 6.69. The summed E-state index contributed by atoms with van der Waals surface area (Å²) < 4.78 is 0. The molecule has 0 aromatic heterocycles. The fourth-order valence-electron chi connectivity index (χ4n) is 0.720. The lowest BCUT2D eigenvalue weighted by Gasteiger charge is -1.95. The minimum atomic E-state index is 0. The maximum Gasteiger partial charge on any atom is 0.0814 e. The summed E-state index contributed by atoms with van der Waals surface area (Å²) in [5.74, 6) is 0. The number of hydrogen-bond acceptors (Lipinski definition) is 1. The van der Waals surface area contributed by atoms with Gasteiger partial charge in [0, 0.05) is 6.54 Å². The van der Waals surface area contributed by atoms with Crippen LogP contribution in [0.3, 0.4) is 0 Å². The Morgan fingerprint density at radius 2 is 2.10 bits per heavy atom. The summed E-state index contributed by atoms with van der Waals surface area (Å²) in [7, 11) is 2.64. The first kappa shape index (κ1) is 9.67. The molecule has 3 heteroatoms. The molecule has 0 saturated heterocycles. The second-order valence-electron chi connectivity index (χ2n) is 1.95.